The van der Waals surface area contributed by atoms with Crippen molar-refractivity contribution in [3.63, 3.8) is 0 Å². The van der Waals surface area contributed by atoms with Gasteiger partial charge in [-0.3, -0.25) is 15.0 Å². The van der Waals surface area contributed by atoms with Gasteiger partial charge in [0.05, 0.1) is 30.6 Å². The maximum Gasteiger partial charge on any atom is 0.156 e. The second-order valence-electron chi connectivity index (χ2n) is 8.01. The number of aromatic amines is 1. The van der Waals surface area contributed by atoms with Crippen molar-refractivity contribution in [1.82, 2.24) is 30.0 Å². The minimum atomic E-state index is -0.577. The second kappa shape index (κ2) is 9.16. The standard InChI is InChI=1S/C23H23F2N7O/c1-33-14-18-13-32(7-6-31(18)12-15-2-3-17(24)8-19(15)25)23-22(16-9-27-28-10-16)29-21-11-26-5-4-20(21)30-23/h2-5,8-11,18H,6-7,12-14H2,1H3,(H,27,28). The van der Waals surface area contributed by atoms with Crippen molar-refractivity contribution >= 4 is 16.9 Å². The summed E-state index contributed by atoms with van der Waals surface area (Å²) in [6.07, 6.45) is 6.89. The van der Waals surface area contributed by atoms with Gasteiger partial charge < -0.3 is 9.64 Å². The van der Waals surface area contributed by atoms with Gasteiger partial charge in [-0.15, -0.1) is 0 Å². The van der Waals surface area contributed by atoms with Gasteiger partial charge in [0.2, 0.25) is 0 Å². The van der Waals surface area contributed by atoms with Crippen molar-refractivity contribution < 1.29 is 13.5 Å². The van der Waals surface area contributed by atoms with E-state index in [1.165, 1.54) is 12.1 Å². The summed E-state index contributed by atoms with van der Waals surface area (Å²) in [7, 11) is 1.65. The smallest absolute Gasteiger partial charge is 0.156 e. The van der Waals surface area contributed by atoms with Crippen LogP contribution in [0, 0.1) is 11.6 Å². The molecule has 1 fully saturated rings. The Kier molecular flexibility index (Phi) is 5.93. The average Bonchev–Trinajstić information content (AvgIpc) is 3.36. The lowest BCUT2D eigenvalue weighted by molar-refractivity contribution is 0.0759. The molecule has 0 saturated carbocycles. The summed E-state index contributed by atoms with van der Waals surface area (Å²) in [5.74, 6) is -0.361. The molecule has 3 aromatic heterocycles. The normalized spacial score (nSPS) is 17.1. The van der Waals surface area contributed by atoms with Crippen LogP contribution in [-0.4, -0.2) is 69.4 Å². The van der Waals surface area contributed by atoms with Crippen molar-refractivity contribution in [2.45, 2.75) is 12.6 Å². The zero-order chi connectivity index (χ0) is 22.8. The van der Waals surface area contributed by atoms with E-state index in [0.717, 1.165) is 28.7 Å². The number of H-pyrrole nitrogens is 1. The number of benzene rings is 1. The molecule has 5 rings (SSSR count). The van der Waals surface area contributed by atoms with Gasteiger partial charge in [0.1, 0.15) is 22.8 Å². The quantitative estimate of drug-likeness (QED) is 0.483. The molecule has 0 bridgehead atoms. The third kappa shape index (κ3) is 4.39. The maximum absolute atomic E-state index is 14.3. The van der Waals surface area contributed by atoms with Crippen LogP contribution in [0.15, 0.2) is 49.1 Å². The molecular weight excluding hydrogens is 428 g/mol. The number of aromatic nitrogens is 5. The zero-order valence-electron chi connectivity index (χ0n) is 18.1. The fraction of sp³-hybridized carbons (Fsp3) is 0.304. The summed E-state index contributed by atoms with van der Waals surface area (Å²) in [4.78, 5) is 18.2. The third-order valence-electron chi connectivity index (χ3n) is 5.87. The lowest BCUT2D eigenvalue weighted by Gasteiger charge is -2.42. The summed E-state index contributed by atoms with van der Waals surface area (Å²) in [6.45, 7) is 2.78. The highest BCUT2D eigenvalue weighted by Gasteiger charge is 2.30. The third-order valence-corrected chi connectivity index (χ3v) is 5.87. The number of nitrogens with one attached hydrogen (secondary N) is 1. The number of anilines is 1. The van der Waals surface area contributed by atoms with Crippen molar-refractivity contribution in [2.24, 2.45) is 0 Å². The van der Waals surface area contributed by atoms with E-state index < -0.39 is 11.6 Å². The van der Waals surface area contributed by atoms with E-state index in [2.05, 4.69) is 25.0 Å². The molecule has 1 aromatic carbocycles. The molecule has 0 amide bonds. The Balaban J connectivity index is 1.45. The van der Waals surface area contributed by atoms with Gasteiger partial charge in [-0.05, 0) is 12.1 Å². The number of piperazine rings is 1. The van der Waals surface area contributed by atoms with Gasteiger partial charge in [-0.1, -0.05) is 6.07 Å². The molecule has 4 aromatic rings. The largest absolute Gasteiger partial charge is 0.383 e. The van der Waals surface area contributed by atoms with Crippen LogP contribution >= 0.6 is 0 Å². The first-order chi connectivity index (χ1) is 16.1. The average molecular weight is 451 g/mol. The Morgan fingerprint density at radius 2 is 2.03 bits per heavy atom. The first-order valence-electron chi connectivity index (χ1n) is 10.6. The first-order valence-corrected chi connectivity index (χ1v) is 10.6. The lowest BCUT2D eigenvalue weighted by atomic mass is 10.1. The van der Waals surface area contributed by atoms with E-state index in [1.807, 2.05) is 6.07 Å². The van der Waals surface area contributed by atoms with Crippen molar-refractivity contribution in [3.05, 3.63) is 66.3 Å². The van der Waals surface area contributed by atoms with Crippen LogP contribution in [-0.2, 0) is 11.3 Å². The molecule has 170 valence electrons. The van der Waals surface area contributed by atoms with Crippen LogP contribution in [0.25, 0.3) is 22.3 Å². The molecule has 10 heteroatoms. The number of pyridine rings is 1. The Morgan fingerprint density at radius 3 is 2.82 bits per heavy atom. The molecule has 0 spiro atoms. The maximum atomic E-state index is 14.3. The summed E-state index contributed by atoms with van der Waals surface area (Å²) < 4.78 is 33.1. The number of rotatable bonds is 6. The van der Waals surface area contributed by atoms with Crippen LogP contribution < -0.4 is 4.90 Å². The molecule has 8 nitrogen and oxygen atoms in total. The van der Waals surface area contributed by atoms with E-state index in [4.69, 9.17) is 14.7 Å². The number of hydrogen-bond donors (Lipinski definition) is 1. The first kappa shape index (κ1) is 21.4. The number of fused-ring (bicyclic) bond motifs is 1. The van der Waals surface area contributed by atoms with Crippen LogP contribution in [0.5, 0.6) is 0 Å². The molecule has 1 N–H and O–H groups in total. The highest BCUT2D eigenvalue weighted by molar-refractivity contribution is 5.82. The highest BCUT2D eigenvalue weighted by atomic mass is 19.1. The van der Waals surface area contributed by atoms with E-state index in [-0.39, 0.29) is 6.04 Å². The predicted octanol–water partition coefficient (Wildman–Crippen LogP) is 3.03. The van der Waals surface area contributed by atoms with Crippen molar-refractivity contribution in [3.8, 4) is 11.3 Å². The molecule has 1 aliphatic rings. The Hall–Kier alpha value is -3.50. The van der Waals surface area contributed by atoms with Gasteiger partial charge in [-0.25, -0.2) is 18.7 Å². The van der Waals surface area contributed by atoms with Crippen LogP contribution in [0.3, 0.4) is 0 Å². The van der Waals surface area contributed by atoms with Crippen LogP contribution in [0.4, 0.5) is 14.6 Å². The molecule has 1 unspecified atom stereocenters. The van der Waals surface area contributed by atoms with Crippen molar-refractivity contribution in [1.29, 1.82) is 0 Å². The molecule has 0 radical (unpaired) electrons. The summed E-state index contributed by atoms with van der Waals surface area (Å²) in [5.41, 5.74) is 3.48. The Morgan fingerprint density at radius 1 is 1.12 bits per heavy atom. The Bertz CT molecular complexity index is 1250. The summed E-state index contributed by atoms with van der Waals surface area (Å²) >= 11 is 0. The van der Waals surface area contributed by atoms with Gasteiger partial charge >= 0.3 is 0 Å². The number of halogens is 2. The van der Waals surface area contributed by atoms with Gasteiger partial charge in [0, 0.05) is 62.9 Å². The zero-order valence-corrected chi connectivity index (χ0v) is 18.1. The molecule has 4 heterocycles. The van der Waals surface area contributed by atoms with Crippen molar-refractivity contribution in [2.75, 3.05) is 38.3 Å². The minimum absolute atomic E-state index is 0.0136. The summed E-state index contributed by atoms with van der Waals surface area (Å²) in [6, 6.07) is 5.54. The van der Waals surface area contributed by atoms with Gasteiger partial charge in [0.25, 0.3) is 0 Å². The fourth-order valence-corrected chi connectivity index (χ4v) is 4.20. The molecule has 1 atom stereocenters. The second-order valence-corrected chi connectivity index (χ2v) is 8.01. The number of ether oxygens (including phenoxy) is 1. The lowest BCUT2D eigenvalue weighted by Crippen LogP contribution is -2.55. The highest BCUT2D eigenvalue weighted by Crippen LogP contribution is 2.31. The Labute approximate surface area is 189 Å². The van der Waals surface area contributed by atoms with Crippen LogP contribution in [0.1, 0.15) is 5.56 Å². The fourth-order valence-electron chi connectivity index (χ4n) is 4.20. The van der Waals surface area contributed by atoms with E-state index in [0.29, 0.717) is 43.9 Å². The number of hydrogen-bond acceptors (Lipinski definition) is 7. The van der Waals surface area contributed by atoms with Gasteiger partial charge in [-0.2, -0.15) is 5.10 Å². The van der Waals surface area contributed by atoms with E-state index in [9.17, 15) is 8.78 Å². The van der Waals surface area contributed by atoms with Gasteiger partial charge in [0.15, 0.2) is 5.82 Å². The molecule has 33 heavy (non-hydrogen) atoms. The number of nitrogens with zero attached hydrogens (tertiary/aromatic N) is 6. The topological polar surface area (TPSA) is 83.1 Å². The van der Waals surface area contributed by atoms with Crippen LogP contribution in [0.2, 0.25) is 0 Å². The number of methoxy groups -OCH3 is 1. The van der Waals surface area contributed by atoms with E-state index in [1.54, 1.807) is 31.9 Å². The molecule has 1 aliphatic heterocycles. The summed E-state index contributed by atoms with van der Waals surface area (Å²) in [5, 5.41) is 6.90. The minimum Gasteiger partial charge on any atom is -0.383 e. The van der Waals surface area contributed by atoms with E-state index >= 15 is 0 Å². The molecular formula is C23H23F2N7O. The predicted molar refractivity (Wildman–Crippen MR) is 120 cm³/mol. The molecule has 1 saturated heterocycles. The SMILES string of the molecule is COCC1CN(c2nc3ccncc3nc2-c2cn[nH]c2)CCN1Cc1ccc(F)cc1F. The molecule has 0 aliphatic carbocycles. The monoisotopic (exact) mass is 451 g/mol.